The van der Waals surface area contributed by atoms with E-state index >= 15 is 0 Å². The van der Waals surface area contributed by atoms with Crippen LogP contribution in [0.25, 0.3) is 0 Å². The van der Waals surface area contributed by atoms with Crippen LogP contribution >= 0.6 is 31.9 Å². The maximum Gasteiger partial charge on any atom is 0.269 e. The molecule has 0 aliphatic carbocycles. The van der Waals surface area contributed by atoms with E-state index in [1.165, 1.54) is 18.2 Å². The standard InChI is InChI=1S/C14H10Br2FNO2/c15-12(11-2-1-3-13(17)14(11)16)8-9-4-6-10(7-5-9)18(19)20/h1-7,12H,8H2. The Morgan fingerprint density at radius 1 is 1.20 bits per heavy atom. The summed E-state index contributed by atoms with van der Waals surface area (Å²) in [4.78, 5) is 10.1. The minimum Gasteiger partial charge on any atom is -0.258 e. The maximum absolute atomic E-state index is 13.5. The Balaban J connectivity index is 2.17. The van der Waals surface area contributed by atoms with Crippen molar-refractivity contribution in [1.82, 2.24) is 0 Å². The average Bonchev–Trinajstić information content (AvgIpc) is 2.42. The molecule has 0 saturated heterocycles. The lowest BCUT2D eigenvalue weighted by Crippen LogP contribution is -1.98. The third-order valence-corrected chi connectivity index (χ3v) is 4.53. The molecule has 104 valence electrons. The fourth-order valence-corrected chi connectivity index (χ4v) is 3.44. The number of hydrogen-bond acceptors (Lipinski definition) is 2. The van der Waals surface area contributed by atoms with Crippen LogP contribution in [0, 0.1) is 15.9 Å². The Labute approximate surface area is 132 Å². The molecule has 0 fully saturated rings. The first-order chi connectivity index (χ1) is 9.49. The number of benzene rings is 2. The number of rotatable bonds is 4. The number of non-ortho nitro benzene ring substituents is 1. The lowest BCUT2D eigenvalue weighted by Gasteiger charge is -2.12. The number of alkyl halides is 1. The van der Waals surface area contributed by atoms with Crippen LogP contribution in [-0.2, 0) is 6.42 Å². The van der Waals surface area contributed by atoms with Crippen LogP contribution in [0.4, 0.5) is 10.1 Å². The number of nitro benzene ring substituents is 1. The lowest BCUT2D eigenvalue weighted by molar-refractivity contribution is -0.384. The Hall–Kier alpha value is -1.27. The van der Waals surface area contributed by atoms with Crippen LogP contribution < -0.4 is 0 Å². The molecule has 0 aliphatic rings. The second-order valence-electron chi connectivity index (χ2n) is 4.24. The number of halogens is 3. The summed E-state index contributed by atoms with van der Waals surface area (Å²) in [5, 5.41) is 10.6. The van der Waals surface area contributed by atoms with Crippen molar-refractivity contribution in [3.05, 3.63) is 74.0 Å². The lowest BCUT2D eigenvalue weighted by atomic mass is 10.0. The summed E-state index contributed by atoms with van der Waals surface area (Å²) in [7, 11) is 0. The summed E-state index contributed by atoms with van der Waals surface area (Å²) in [6, 6.07) is 11.2. The van der Waals surface area contributed by atoms with Gasteiger partial charge in [-0.05, 0) is 39.5 Å². The SMILES string of the molecule is O=[N+]([O-])c1ccc(CC(Br)c2cccc(F)c2Br)cc1. The van der Waals surface area contributed by atoms with Gasteiger partial charge in [-0.3, -0.25) is 10.1 Å². The molecule has 2 rings (SSSR count). The van der Waals surface area contributed by atoms with Crippen molar-refractivity contribution in [1.29, 1.82) is 0 Å². The van der Waals surface area contributed by atoms with Crippen LogP contribution in [0.3, 0.4) is 0 Å². The van der Waals surface area contributed by atoms with E-state index in [0.29, 0.717) is 10.9 Å². The monoisotopic (exact) mass is 401 g/mol. The molecule has 0 heterocycles. The van der Waals surface area contributed by atoms with Crippen LogP contribution in [0.15, 0.2) is 46.9 Å². The second-order valence-corrected chi connectivity index (χ2v) is 6.14. The van der Waals surface area contributed by atoms with Gasteiger partial charge in [0.2, 0.25) is 0 Å². The third-order valence-electron chi connectivity index (χ3n) is 2.88. The van der Waals surface area contributed by atoms with Gasteiger partial charge in [0, 0.05) is 17.0 Å². The summed E-state index contributed by atoms with van der Waals surface area (Å²) in [5.41, 5.74) is 1.81. The highest BCUT2D eigenvalue weighted by Gasteiger charge is 2.15. The Morgan fingerprint density at radius 2 is 1.85 bits per heavy atom. The van der Waals surface area contributed by atoms with Crippen molar-refractivity contribution < 1.29 is 9.31 Å². The van der Waals surface area contributed by atoms with Gasteiger partial charge >= 0.3 is 0 Å². The van der Waals surface area contributed by atoms with E-state index in [1.807, 2.05) is 6.07 Å². The minimum atomic E-state index is -0.432. The van der Waals surface area contributed by atoms with Gasteiger partial charge in [0.15, 0.2) is 0 Å². The van der Waals surface area contributed by atoms with E-state index in [2.05, 4.69) is 31.9 Å². The topological polar surface area (TPSA) is 43.1 Å². The smallest absolute Gasteiger partial charge is 0.258 e. The quantitative estimate of drug-likeness (QED) is 0.402. The molecule has 0 aromatic heterocycles. The van der Waals surface area contributed by atoms with Crippen LogP contribution in [0.1, 0.15) is 16.0 Å². The van der Waals surface area contributed by atoms with Crippen molar-refractivity contribution in [2.24, 2.45) is 0 Å². The molecule has 0 N–H and O–H groups in total. The van der Waals surface area contributed by atoms with Gasteiger partial charge in [0.05, 0.1) is 9.40 Å². The molecule has 2 aromatic carbocycles. The normalized spacial score (nSPS) is 12.2. The molecule has 0 bridgehead atoms. The van der Waals surface area contributed by atoms with E-state index in [1.54, 1.807) is 18.2 Å². The fourth-order valence-electron chi connectivity index (χ4n) is 1.83. The molecule has 0 aliphatic heterocycles. The molecule has 3 nitrogen and oxygen atoms in total. The van der Waals surface area contributed by atoms with Gasteiger partial charge in [-0.15, -0.1) is 0 Å². The fraction of sp³-hybridized carbons (Fsp3) is 0.143. The Kier molecular flexibility index (Phi) is 4.88. The Bertz CT molecular complexity index is 632. The van der Waals surface area contributed by atoms with Crippen molar-refractivity contribution in [2.45, 2.75) is 11.2 Å². The third kappa shape index (κ3) is 3.43. The van der Waals surface area contributed by atoms with Crippen molar-refractivity contribution in [3.8, 4) is 0 Å². The van der Waals surface area contributed by atoms with Crippen LogP contribution in [0.2, 0.25) is 0 Å². The zero-order chi connectivity index (χ0) is 14.7. The molecule has 1 unspecified atom stereocenters. The Morgan fingerprint density at radius 3 is 2.45 bits per heavy atom. The highest BCUT2D eigenvalue weighted by atomic mass is 79.9. The summed E-state index contributed by atoms with van der Waals surface area (Å²) < 4.78 is 13.9. The molecule has 0 radical (unpaired) electrons. The summed E-state index contributed by atoms with van der Waals surface area (Å²) in [6.45, 7) is 0. The van der Waals surface area contributed by atoms with E-state index in [4.69, 9.17) is 0 Å². The largest absolute Gasteiger partial charge is 0.269 e. The first-order valence-corrected chi connectivity index (χ1v) is 7.51. The molecule has 2 aromatic rings. The van der Waals surface area contributed by atoms with Gasteiger partial charge in [-0.1, -0.05) is 40.2 Å². The van der Waals surface area contributed by atoms with Crippen molar-refractivity contribution in [3.63, 3.8) is 0 Å². The van der Waals surface area contributed by atoms with Crippen LogP contribution in [0.5, 0.6) is 0 Å². The highest BCUT2D eigenvalue weighted by molar-refractivity contribution is 9.11. The first-order valence-electron chi connectivity index (χ1n) is 5.80. The molecule has 20 heavy (non-hydrogen) atoms. The number of hydrogen-bond donors (Lipinski definition) is 0. The van der Waals surface area contributed by atoms with Crippen molar-refractivity contribution >= 4 is 37.5 Å². The zero-order valence-corrected chi connectivity index (χ0v) is 13.4. The van der Waals surface area contributed by atoms with Gasteiger partial charge in [0.1, 0.15) is 5.82 Å². The van der Waals surface area contributed by atoms with Crippen molar-refractivity contribution in [2.75, 3.05) is 0 Å². The molecular formula is C14H10Br2FNO2. The number of nitrogens with zero attached hydrogens (tertiary/aromatic N) is 1. The molecule has 1 atom stereocenters. The minimum absolute atomic E-state index is 0.0619. The van der Waals surface area contributed by atoms with Gasteiger partial charge < -0.3 is 0 Å². The zero-order valence-electron chi connectivity index (χ0n) is 10.2. The van der Waals surface area contributed by atoms with E-state index in [9.17, 15) is 14.5 Å². The van der Waals surface area contributed by atoms with Gasteiger partial charge in [0.25, 0.3) is 5.69 Å². The highest BCUT2D eigenvalue weighted by Crippen LogP contribution is 2.34. The molecular weight excluding hydrogens is 393 g/mol. The van der Waals surface area contributed by atoms with Gasteiger partial charge in [-0.25, -0.2) is 4.39 Å². The molecule has 0 saturated carbocycles. The first kappa shape index (κ1) is 15.1. The van der Waals surface area contributed by atoms with E-state index in [-0.39, 0.29) is 16.3 Å². The van der Waals surface area contributed by atoms with E-state index < -0.39 is 4.92 Å². The summed E-state index contributed by atoms with van der Waals surface area (Å²) >= 11 is 6.76. The van der Waals surface area contributed by atoms with Crippen LogP contribution in [-0.4, -0.2) is 4.92 Å². The second kappa shape index (κ2) is 6.45. The molecule has 0 amide bonds. The van der Waals surface area contributed by atoms with E-state index in [0.717, 1.165) is 11.1 Å². The summed E-state index contributed by atoms with van der Waals surface area (Å²) in [5.74, 6) is -0.310. The molecule has 0 spiro atoms. The molecule has 6 heteroatoms. The predicted molar refractivity (Wildman–Crippen MR) is 82.6 cm³/mol. The average molecular weight is 403 g/mol. The maximum atomic E-state index is 13.5. The predicted octanol–water partition coefficient (Wildman–Crippen LogP) is 5.18. The summed E-state index contributed by atoms with van der Waals surface area (Å²) in [6.07, 6.45) is 0.611. The number of nitro groups is 1. The van der Waals surface area contributed by atoms with Gasteiger partial charge in [-0.2, -0.15) is 0 Å².